The van der Waals surface area contributed by atoms with Crippen LogP contribution in [0.3, 0.4) is 0 Å². The highest BCUT2D eigenvalue weighted by molar-refractivity contribution is 5.97. The van der Waals surface area contributed by atoms with Gasteiger partial charge in [0.15, 0.2) is 5.60 Å². The number of rotatable bonds is 4. The Kier molecular flexibility index (Phi) is 4.40. The van der Waals surface area contributed by atoms with E-state index in [1.54, 1.807) is 0 Å². The molecule has 0 aliphatic heterocycles. The topological polar surface area (TPSA) is 38.3 Å². The van der Waals surface area contributed by atoms with Crippen LogP contribution in [-0.4, -0.2) is 11.5 Å². The Hall–Kier alpha value is -2.50. The number of carbonyl (C=O) groups is 1. The van der Waals surface area contributed by atoms with E-state index in [-0.39, 0.29) is 5.75 Å². The van der Waals surface area contributed by atoms with Crippen LogP contribution in [0.4, 0.5) is 18.9 Å². The van der Waals surface area contributed by atoms with E-state index in [0.717, 1.165) is 12.1 Å². The van der Waals surface area contributed by atoms with Gasteiger partial charge in [-0.1, -0.05) is 6.07 Å². The van der Waals surface area contributed by atoms with Crippen molar-refractivity contribution in [1.82, 2.24) is 0 Å². The van der Waals surface area contributed by atoms with Gasteiger partial charge in [-0.05, 0) is 50.2 Å². The predicted octanol–water partition coefficient (Wildman–Crippen LogP) is 3.90. The standard InChI is InChI=1S/C16H14F3NO2/c1-16(2,22-11-8-6-10(17)7-9-11)15(21)20-14-12(18)4-3-5-13(14)19/h3-9H,1-2H3,(H,20,21). The van der Waals surface area contributed by atoms with E-state index in [4.69, 9.17) is 4.74 Å². The number of ether oxygens (including phenoxy) is 1. The largest absolute Gasteiger partial charge is 0.478 e. The summed E-state index contributed by atoms with van der Waals surface area (Å²) >= 11 is 0. The molecule has 22 heavy (non-hydrogen) atoms. The molecule has 2 aromatic carbocycles. The number of hydrogen-bond donors (Lipinski definition) is 1. The number of benzene rings is 2. The van der Waals surface area contributed by atoms with Crippen LogP contribution in [0.15, 0.2) is 42.5 Å². The van der Waals surface area contributed by atoms with Crippen LogP contribution in [0.2, 0.25) is 0 Å². The zero-order valence-electron chi connectivity index (χ0n) is 12.0. The van der Waals surface area contributed by atoms with Gasteiger partial charge in [-0.3, -0.25) is 4.79 Å². The van der Waals surface area contributed by atoms with Crippen molar-refractivity contribution in [2.45, 2.75) is 19.4 Å². The molecule has 0 bridgehead atoms. The molecule has 3 nitrogen and oxygen atoms in total. The summed E-state index contributed by atoms with van der Waals surface area (Å²) in [6.45, 7) is 2.87. The first-order valence-corrected chi connectivity index (χ1v) is 6.49. The predicted molar refractivity (Wildman–Crippen MR) is 76.1 cm³/mol. The van der Waals surface area contributed by atoms with Gasteiger partial charge in [0.1, 0.15) is 28.9 Å². The number of para-hydroxylation sites is 1. The van der Waals surface area contributed by atoms with Gasteiger partial charge in [-0.25, -0.2) is 13.2 Å². The van der Waals surface area contributed by atoms with Crippen molar-refractivity contribution in [2.75, 3.05) is 5.32 Å². The SMILES string of the molecule is CC(C)(Oc1ccc(F)cc1)C(=O)Nc1c(F)cccc1F. The fourth-order valence-electron chi connectivity index (χ4n) is 1.72. The molecular formula is C16H14F3NO2. The Labute approximate surface area is 125 Å². The van der Waals surface area contributed by atoms with E-state index in [9.17, 15) is 18.0 Å². The van der Waals surface area contributed by atoms with E-state index in [1.165, 1.54) is 44.2 Å². The van der Waals surface area contributed by atoms with Crippen molar-refractivity contribution in [3.63, 3.8) is 0 Å². The Balaban J connectivity index is 2.15. The minimum atomic E-state index is -1.41. The van der Waals surface area contributed by atoms with Crippen LogP contribution in [0, 0.1) is 17.5 Å². The minimum Gasteiger partial charge on any atom is -0.478 e. The average Bonchev–Trinajstić information content (AvgIpc) is 2.45. The number of halogens is 3. The van der Waals surface area contributed by atoms with Gasteiger partial charge >= 0.3 is 0 Å². The smallest absolute Gasteiger partial charge is 0.268 e. The molecule has 0 saturated carbocycles. The Morgan fingerprint density at radius 2 is 1.55 bits per heavy atom. The van der Waals surface area contributed by atoms with Crippen molar-refractivity contribution in [3.05, 3.63) is 59.9 Å². The van der Waals surface area contributed by atoms with Crippen LogP contribution in [-0.2, 0) is 4.79 Å². The van der Waals surface area contributed by atoms with Crippen molar-refractivity contribution in [3.8, 4) is 5.75 Å². The molecule has 0 fully saturated rings. The maximum atomic E-state index is 13.5. The quantitative estimate of drug-likeness (QED) is 0.930. The molecule has 0 aliphatic carbocycles. The van der Waals surface area contributed by atoms with Gasteiger partial charge in [-0.2, -0.15) is 0 Å². The second-order valence-electron chi connectivity index (χ2n) is 5.12. The summed E-state index contributed by atoms with van der Waals surface area (Å²) in [5.41, 5.74) is -1.95. The third kappa shape index (κ3) is 3.58. The highest BCUT2D eigenvalue weighted by atomic mass is 19.1. The molecule has 6 heteroatoms. The van der Waals surface area contributed by atoms with E-state index in [1.807, 2.05) is 0 Å². The van der Waals surface area contributed by atoms with Gasteiger partial charge in [0.25, 0.3) is 5.91 Å². The highest BCUT2D eigenvalue weighted by Crippen LogP contribution is 2.23. The third-order valence-corrected chi connectivity index (χ3v) is 2.93. The molecule has 0 heterocycles. The first-order chi connectivity index (χ1) is 10.3. The van der Waals surface area contributed by atoms with Gasteiger partial charge in [0.05, 0.1) is 0 Å². The summed E-state index contributed by atoms with van der Waals surface area (Å²) in [5.74, 6) is -2.68. The first kappa shape index (κ1) is 15.9. The third-order valence-electron chi connectivity index (χ3n) is 2.93. The Bertz CT molecular complexity index is 664. The molecule has 2 rings (SSSR count). The molecular weight excluding hydrogens is 295 g/mol. The van der Waals surface area contributed by atoms with Gasteiger partial charge in [0, 0.05) is 0 Å². The van der Waals surface area contributed by atoms with E-state index in [2.05, 4.69) is 5.32 Å². The fourth-order valence-corrected chi connectivity index (χ4v) is 1.72. The molecule has 2 aromatic rings. The lowest BCUT2D eigenvalue weighted by atomic mass is 10.1. The summed E-state index contributed by atoms with van der Waals surface area (Å²) in [6, 6.07) is 8.33. The van der Waals surface area contributed by atoms with Crippen LogP contribution in [0.25, 0.3) is 0 Å². The Morgan fingerprint density at radius 3 is 2.09 bits per heavy atom. The van der Waals surface area contributed by atoms with Crippen molar-refractivity contribution in [2.24, 2.45) is 0 Å². The van der Waals surface area contributed by atoms with E-state index in [0.29, 0.717) is 0 Å². The fraction of sp³-hybridized carbons (Fsp3) is 0.188. The van der Waals surface area contributed by atoms with E-state index >= 15 is 0 Å². The number of carbonyl (C=O) groups excluding carboxylic acids is 1. The molecule has 0 radical (unpaired) electrons. The molecule has 0 aromatic heterocycles. The maximum absolute atomic E-state index is 13.5. The lowest BCUT2D eigenvalue weighted by Crippen LogP contribution is -2.42. The zero-order chi connectivity index (χ0) is 16.3. The monoisotopic (exact) mass is 309 g/mol. The lowest BCUT2D eigenvalue weighted by Gasteiger charge is -2.25. The molecule has 0 saturated heterocycles. The Morgan fingerprint density at radius 1 is 1.00 bits per heavy atom. The number of nitrogens with one attached hydrogen (secondary N) is 1. The summed E-state index contributed by atoms with van der Waals surface area (Å²) < 4.78 is 45.3. The second kappa shape index (κ2) is 6.09. The maximum Gasteiger partial charge on any atom is 0.268 e. The summed E-state index contributed by atoms with van der Waals surface area (Å²) in [6.07, 6.45) is 0. The summed E-state index contributed by atoms with van der Waals surface area (Å²) in [4.78, 5) is 12.2. The second-order valence-corrected chi connectivity index (χ2v) is 5.12. The normalized spacial score (nSPS) is 11.1. The van der Waals surface area contributed by atoms with Crippen molar-refractivity contribution < 1.29 is 22.7 Å². The van der Waals surface area contributed by atoms with E-state index < -0.39 is 34.6 Å². The van der Waals surface area contributed by atoms with Gasteiger partial charge < -0.3 is 10.1 Å². The van der Waals surface area contributed by atoms with Crippen LogP contribution in [0.5, 0.6) is 5.75 Å². The number of hydrogen-bond acceptors (Lipinski definition) is 2. The molecule has 1 N–H and O–H groups in total. The molecule has 0 spiro atoms. The lowest BCUT2D eigenvalue weighted by molar-refractivity contribution is -0.128. The summed E-state index contributed by atoms with van der Waals surface area (Å²) in [5, 5.41) is 2.16. The number of amides is 1. The van der Waals surface area contributed by atoms with Crippen LogP contribution in [0.1, 0.15) is 13.8 Å². The summed E-state index contributed by atoms with van der Waals surface area (Å²) in [7, 11) is 0. The highest BCUT2D eigenvalue weighted by Gasteiger charge is 2.31. The van der Waals surface area contributed by atoms with Crippen LogP contribution >= 0.6 is 0 Å². The zero-order valence-corrected chi connectivity index (χ0v) is 12.0. The molecule has 0 aliphatic rings. The van der Waals surface area contributed by atoms with Crippen molar-refractivity contribution in [1.29, 1.82) is 0 Å². The van der Waals surface area contributed by atoms with Crippen LogP contribution < -0.4 is 10.1 Å². The number of anilines is 1. The molecule has 116 valence electrons. The first-order valence-electron chi connectivity index (χ1n) is 6.49. The average molecular weight is 309 g/mol. The van der Waals surface area contributed by atoms with Gasteiger partial charge in [0.2, 0.25) is 0 Å². The molecule has 0 unspecified atom stereocenters. The minimum absolute atomic E-state index is 0.260. The van der Waals surface area contributed by atoms with Crippen molar-refractivity contribution >= 4 is 11.6 Å². The molecule has 1 amide bonds. The molecule has 0 atom stereocenters. The van der Waals surface area contributed by atoms with Gasteiger partial charge in [-0.15, -0.1) is 0 Å².